The zero-order valence-electron chi connectivity index (χ0n) is 11.1. The van der Waals surface area contributed by atoms with Gasteiger partial charge >= 0.3 is 0 Å². The Balaban J connectivity index is 1.84. The van der Waals surface area contributed by atoms with Crippen molar-refractivity contribution in [1.29, 1.82) is 0 Å². The molecular weight excluding hydrogens is 278 g/mol. The maximum Gasteiger partial charge on any atom is 0.252 e. The van der Waals surface area contributed by atoms with Gasteiger partial charge in [0.2, 0.25) is 0 Å². The van der Waals surface area contributed by atoms with Gasteiger partial charge in [-0.15, -0.1) is 11.3 Å². The molecule has 0 aromatic carbocycles. The minimum Gasteiger partial charge on any atom is -0.382 e. The normalized spacial score (nSPS) is 13.9. The number of carbonyl (C=O) groups is 1. The molecule has 7 heteroatoms. The molecule has 0 aliphatic rings. The van der Waals surface area contributed by atoms with Gasteiger partial charge in [-0.3, -0.25) is 4.79 Å². The quantitative estimate of drug-likeness (QED) is 0.712. The molecule has 6 nitrogen and oxygen atoms in total. The van der Waals surface area contributed by atoms with Crippen LogP contribution in [0.3, 0.4) is 0 Å². The van der Waals surface area contributed by atoms with E-state index >= 15 is 0 Å². The second kappa shape index (κ2) is 6.65. The van der Waals surface area contributed by atoms with Gasteiger partial charge in [0.25, 0.3) is 5.91 Å². The highest BCUT2D eigenvalue weighted by Gasteiger charge is 2.28. The number of rotatable bonds is 6. The lowest BCUT2D eigenvalue weighted by atomic mass is 10.1. The SMILES string of the molecule is Cn1ccnc1[C@H](O)[C@@H](O)C(=O)NCCc1cccs1. The first-order valence-electron chi connectivity index (χ1n) is 6.23. The monoisotopic (exact) mass is 295 g/mol. The summed E-state index contributed by atoms with van der Waals surface area (Å²) in [5.74, 6) is -0.344. The van der Waals surface area contributed by atoms with Crippen LogP contribution in [0.25, 0.3) is 0 Å². The van der Waals surface area contributed by atoms with Crippen LogP contribution in [0, 0.1) is 0 Å². The molecule has 108 valence electrons. The van der Waals surface area contributed by atoms with Gasteiger partial charge in [0.15, 0.2) is 6.10 Å². The van der Waals surface area contributed by atoms with Gasteiger partial charge in [0.1, 0.15) is 11.9 Å². The summed E-state index contributed by atoms with van der Waals surface area (Å²) in [7, 11) is 1.69. The smallest absolute Gasteiger partial charge is 0.252 e. The summed E-state index contributed by atoms with van der Waals surface area (Å²) in [6.45, 7) is 0.420. The molecule has 0 saturated heterocycles. The van der Waals surface area contributed by atoms with E-state index < -0.39 is 18.1 Å². The van der Waals surface area contributed by atoms with E-state index in [1.54, 1.807) is 29.1 Å². The molecule has 3 N–H and O–H groups in total. The molecule has 0 spiro atoms. The summed E-state index contributed by atoms with van der Waals surface area (Å²) in [6, 6.07) is 3.93. The van der Waals surface area contributed by atoms with Gasteiger partial charge in [0.05, 0.1) is 0 Å². The molecule has 0 unspecified atom stereocenters. The number of carbonyl (C=O) groups excluding carboxylic acids is 1. The Labute approximate surface area is 120 Å². The van der Waals surface area contributed by atoms with Crippen molar-refractivity contribution in [2.75, 3.05) is 6.54 Å². The van der Waals surface area contributed by atoms with Crippen molar-refractivity contribution in [3.63, 3.8) is 0 Å². The van der Waals surface area contributed by atoms with Crippen molar-refractivity contribution in [3.8, 4) is 0 Å². The third kappa shape index (κ3) is 3.44. The van der Waals surface area contributed by atoms with Crippen LogP contribution in [0.1, 0.15) is 16.8 Å². The second-order valence-corrected chi connectivity index (χ2v) is 5.44. The number of aliphatic hydroxyl groups is 2. The lowest BCUT2D eigenvalue weighted by Crippen LogP contribution is -2.40. The molecule has 2 atom stereocenters. The minimum absolute atomic E-state index is 0.255. The Morgan fingerprint density at radius 3 is 2.95 bits per heavy atom. The first-order chi connectivity index (χ1) is 9.59. The first kappa shape index (κ1) is 14.7. The molecular formula is C13H17N3O3S. The fourth-order valence-electron chi connectivity index (χ4n) is 1.82. The van der Waals surface area contributed by atoms with E-state index in [-0.39, 0.29) is 5.82 Å². The molecule has 20 heavy (non-hydrogen) atoms. The Kier molecular flexibility index (Phi) is 4.89. The van der Waals surface area contributed by atoms with Gasteiger partial charge in [0, 0.05) is 30.9 Å². The molecule has 0 bridgehead atoms. The number of nitrogens with zero attached hydrogens (tertiary/aromatic N) is 2. The molecule has 0 saturated carbocycles. The van der Waals surface area contributed by atoms with Crippen molar-refractivity contribution >= 4 is 17.2 Å². The van der Waals surface area contributed by atoms with E-state index in [0.29, 0.717) is 13.0 Å². The van der Waals surface area contributed by atoms with Crippen LogP contribution in [0.5, 0.6) is 0 Å². The van der Waals surface area contributed by atoms with Gasteiger partial charge in [-0.1, -0.05) is 6.07 Å². The largest absolute Gasteiger partial charge is 0.382 e. The Morgan fingerprint density at radius 1 is 1.55 bits per heavy atom. The summed E-state index contributed by atoms with van der Waals surface area (Å²) in [5, 5.41) is 24.3. The van der Waals surface area contributed by atoms with Crippen molar-refractivity contribution in [2.24, 2.45) is 7.05 Å². The van der Waals surface area contributed by atoms with Crippen LogP contribution in [-0.4, -0.2) is 38.3 Å². The number of thiophene rings is 1. The van der Waals surface area contributed by atoms with E-state index in [1.807, 2.05) is 17.5 Å². The predicted molar refractivity (Wildman–Crippen MR) is 75.2 cm³/mol. The third-order valence-corrected chi connectivity index (χ3v) is 3.88. The molecule has 0 aliphatic heterocycles. The maximum absolute atomic E-state index is 11.8. The van der Waals surface area contributed by atoms with E-state index in [2.05, 4.69) is 10.3 Å². The fourth-order valence-corrected chi connectivity index (χ4v) is 2.52. The third-order valence-electron chi connectivity index (χ3n) is 2.94. The molecule has 2 aromatic heterocycles. The van der Waals surface area contributed by atoms with Crippen LogP contribution in [0.2, 0.25) is 0 Å². The predicted octanol–water partition coefficient (Wildman–Crippen LogP) is 0.235. The molecule has 2 aromatic rings. The lowest BCUT2D eigenvalue weighted by Gasteiger charge is -2.17. The highest BCUT2D eigenvalue weighted by Crippen LogP contribution is 2.14. The number of hydrogen-bond donors (Lipinski definition) is 3. The molecule has 1 amide bonds. The number of imidazole rings is 1. The molecule has 0 fully saturated rings. The van der Waals surface area contributed by atoms with Gasteiger partial charge in [-0.2, -0.15) is 0 Å². The molecule has 0 aliphatic carbocycles. The second-order valence-electron chi connectivity index (χ2n) is 4.41. The number of amides is 1. The molecule has 0 radical (unpaired) electrons. The fraction of sp³-hybridized carbons (Fsp3) is 0.385. The summed E-state index contributed by atoms with van der Waals surface area (Å²) in [4.78, 5) is 16.8. The number of nitrogens with one attached hydrogen (secondary N) is 1. The molecule has 2 heterocycles. The van der Waals surface area contributed by atoms with Crippen molar-refractivity contribution < 1.29 is 15.0 Å². The number of aryl methyl sites for hydroxylation is 1. The highest BCUT2D eigenvalue weighted by molar-refractivity contribution is 7.09. The van der Waals surface area contributed by atoms with E-state index in [1.165, 1.54) is 6.20 Å². The van der Waals surface area contributed by atoms with Gasteiger partial charge < -0.3 is 20.1 Å². The average molecular weight is 295 g/mol. The topological polar surface area (TPSA) is 87.4 Å². The number of aliphatic hydroxyl groups excluding tert-OH is 2. The average Bonchev–Trinajstić information content (AvgIpc) is 3.08. The van der Waals surface area contributed by atoms with Crippen molar-refractivity contribution in [3.05, 3.63) is 40.6 Å². The Morgan fingerprint density at radius 2 is 2.35 bits per heavy atom. The summed E-state index contributed by atoms with van der Waals surface area (Å²) in [6.07, 6.45) is 0.977. The standard InChI is InChI=1S/C13H17N3O3S/c1-16-7-6-14-12(16)10(17)11(18)13(19)15-5-4-9-3-2-8-20-9/h2-3,6-8,10-11,17-18H,4-5H2,1H3,(H,15,19)/t10-,11-/m1/s1. The summed E-state index contributed by atoms with van der Waals surface area (Å²) >= 11 is 1.61. The molecule has 2 rings (SSSR count). The zero-order valence-corrected chi connectivity index (χ0v) is 11.9. The Bertz CT molecular complexity index is 553. The first-order valence-corrected chi connectivity index (χ1v) is 7.11. The van der Waals surface area contributed by atoms with Gasteiger partial charge in [-0.25, -0.2) is 4.98 Å². The van der Waals surface area contributed by atoms with Crippen LogP contribution >= 0.6 is 11.3 Å². The van der Waals surface area contributed by atoms with Gasteiger partial charge in [-0.05, 0) is 17.9 Å². The zero-order chi connectivity index (χ0) is 14.5. The van der Waals surface area contributed by atoms with Crippen LogP contribution in [0.15, 0.2) is 29.9 Å². The van der Waals surface area contributed by atoms with E-state index in [9.17, 15) is 15.0 Å². The highest BCUT2D eigenvalue weighted by atomic mass is 32.1. The van der Waals surface area contributed by atoms with Crippen LogP contribution < -0.4 is 5.32 Å². The van der Waals surface area contributed by atoms with E-state index in [0.717, 1.165) is 4.88 Å². The summed E-state index contributed by atoms with van der Waals surface area (Å²) < 4.78 is 1.56. The summed E-state index contributed by atoms with van der Waals surface area (Å²) in [5.41, 5.74) is 0. The van der Waals surface area contributed by atoms with Crippen LogP contribution in [0.4, 0.5) is 0 Å². The maximum atomic E-state index is 11.8. The van der Waals surface area contributed by atoms with Crippen molar-refractivity contribution in [2.45, 2.75) is 18.6 Å². The van der Waals surface area contributed by atoms with Crippen LogP contribution in [-0.2, 0) is 18.3 Å². The lowest BCUT2D eigenvalue weighted by molar-refractivity contribution is -0.135. The number of aromatic nitrogens is 2. The van der Waals surface area contributed by atoms with Crippen molar-refractivity contribution in [1.82, 2.24) is 14.9 Å². The Hall–Kier alpha value is -1.70. The minimum atomic E-state index is -1.53. The van der Waals surface area contributed by atoms with E-state index in [4.69, 9.17) is 0 Å². The number of hydrogen-bond acceptors (Lipinski definition) is 5.